The molecule has 0 saturated carbocycles. The van der Waals surface area contributed by atoms with E-state index in [9.17, 15) is 4.79 Å². The van der Waals surface area contributed by atoms with Crippen LogP contribution in [0.2, 0.25) is 0 Å². The van der Waals surface area contributed by atoms with Crippen LogP contribution in [-0.4, -0.2) is 52.4 Å². The molecule has 2 aliphatic rings. The Morgan fingerprint density at radius 2 is 2.04 bits per heavy atom. The summed E-state index contributed by atoms with van der Waals surface area (Å²) < 4.78 is 0. The van der Waals surface area contributed by atoms with Gasteiger partial charge >= 0.3 is 0 Å². The summed E-state index contributed by atoms with van der Waals surface area (Å²) in [4.78, 5) is 30.6. The van der Waals surface area contributed by atoms with Crippen molar-refractivity contribution in [3.63, 3.8) is 0 Å². The predicted octanol–water partition coefficient (Wildman–Crippen LogP) is 2.49. The summed E-state index contributed by atoms with van der Waals surface area (Å²) >= 11 is 0. The third-order valence-corrected chi connectivity index (χ3v) is 5.19. The van der Waals surface area contributed by atoms with Crippen molar-refractivity contribution in [2.45, 2.75) is 31.7 Å². The standard InChI is InChI=1S/C19H24N6O/c1-20-17-13-21-12-15(23-17)16-5-4-10-25(16)19(26)14-6-7-22-18(11-14)24-8-2-3-9-24/h6-7,11-13,16H,2-5,8-10H2,1H3,(H,20,23)/t16-/m0/s1. The first-order valence-electron chi connectivity index (χ1n) is 9.28. The van der Waals surface area contributed by atoms with E-state index in [1.165, 1.54) is 12.8 Å². The number of pyridine rings is 1. The number of hydrogen-bond donors (Lipinski definition) is 1. The zero-order chi connectivity index (χ0) is 17.9. The number of nitrogens with zero attached hydrogens (tertiary/aromatic N) is 5. The first kappa shape index (κ1) is 16.8. The lowest BCUT2D eigenvalue weighted by atomic mass is 10.1. The second-order valence-corrected chi connectivity index (χ2v) is 6.83. The molecule has 2 saturated heterocycles. The molecule has 0 aliphatic carbocycles. The Balaban J connectivity index is 1.57. The third-order valence-electron chi connectivity index (χ3n) is 5.19. The maximum absolute atomic E-state index is 13.2. The number of carbonyl (C=O) groups is 1. The number of amides is 1. The summed E-state index contributed by atoms with van der Waals surface area (Å²) in [5.41, 5.74) is 1.54. The maximum Gasteiger partial charge on any atom is 0.254 e. The van der Waals surface area contributed by atoms with Crippen molar-refractivity contribution in [2.24, 2.45) is 0 Å². The minimum atomic E-state index is -0.0216. The van der Waals surface area contributed by atoms with Gasteiger partial charge in [-0.2, -0.15) is 0 Å². The molecule has 2 aliphatic heterocycles. The summed E-state index contributed by atoms with van der Waals surface area (Å²) in [6.07, 6.45) is 9.47. The molecule has 4 rings (SSSR count). The lowest BCUT2D eigenvalue weighted by Gasteiger charge is -2.25. The molecule has 2 fully saturated rings. The molecule has 0 spiro atoms. The highest BCUT2D eigenvalue weighted by atomic mass is 16.2. The van der Waals surface area contributed by atoms with Gasteiger partial charge in [-0.05, 0) is 37.8 Å². The monoisotopic (exact) mass is 352 g/mol. The molecule has 0 bridgehead atoms. The predicted molar refractivity (Wildman–Crippen MR) is 100 cm³/mol. The SMILES string of the molecule is CNc1cncc([C@@H]2CCCN2C(=O)c2ccnc(N3CCCC3)c2)n1. The lowest BCUT2D eigenvalue weighted by Crippen LogP contribution is -2.31. The molecule has 7 heteroatoms. The van der Waals surface area contributed by atoms with Crippen LogP contribution in [0.5, 0.6) is 0 Å². The van der Waals surface area contributed by atoms with Crippen LogP contribution < -0.4 is 10.2 Å². The molecule has 4 heterocycles. The smallest absolute Gasteiger partial charge is 0.254 e. The van der Waals surface area contributed by atoms with Crippen molar-refractivity contribution in [3.05, 3.63) is 42.0 Å². The first-order chi connectivity index (χ1) is 12.8. The highest BCUT2D eigenvalue weighted by molar-refractivity contribution is 5.95. The number of hydrogen-bond acceptors (Lipinski definition) is 6. The van der Waals surface area contributed by atoms with E-state index in [4.69, 9.17) is 0 Å². The molecule has 0 aromatic carbocycles. The minimum absolute atomic E-state index is 0.0216. The molecule has 0 unspecified atom stereocenters. The molecule has 7 nitrogen and oxygen atoms in total. The summed E-state index contributed by atoms with van der Waals surface area (Å²) in [5.74, 6) is 1.68. The summed E-state index contributed by atoms with van der Waals surface area (Å²) in [5, 5.41) is 3.01. The lowest BCUT2D eigenvalue weighted by molar-refractivity contribution is 0.0732. The molecule has 26 heavy (non-hydrogen) atoms. The van der Waals surface area contributed by atoms with Gasteiger partial charge in [-0.15, -0.1) is 0 Å². The molecule has 0 radical (unpaired) electrons. The average Bonchev–Trinajstić information content (AvgIpc) is 3.39. The maximum atomic E-state index is 13.2. The van der Waals surface area contributed by atoms with E-state index in [0.29, 0.717) is 5.56 Å². The Morgan fingerprint density at radius 3 is 2.85 bits per heavy atom. The summed E-state index contributed by atoms with van der Waals surface area (Å²) in [6, 6.07) is 3.72. The molecule has 2 aromatic rings. The largest absolute Gasteiger partial charge is 0.372 e. The fraction of sp³-hybridized carbons (Fsp3) is 0.474. The molecular formula is C19H24N6O. The van der Waals surface area contributed by atoms with Crippen LogP contribution in [0.1, 0.15) is 47.8 Å². The Hall–Kier alpha value is -2.70. The van der Waals surface area contributed by atoms with Gasteiger partial charge in [0.2, 0.25) is 0 Å². The van der Waals surface area contributed by atoms with E-state index in [-0.39, 0.29) is 11.9 Å². The fourth-order valence-corrected chi connectivity index (χ4v) is 3.82. The van der Waals surface area contributed by atoms with Gasteiger partial charge in [0.25, 0.3) is 5.91 Å². The Morgan fingerprint density at radius 1 is 1.19 bits per heavy atom. The average molecular weight is 352 g/mol. The van der Waals surface area contributed by atoms with Crippen molar-refractivity contribution >= 4 is 17.5 Å². The van der Waals surface area contributed by atoms with Crippen molar-refractivity contribution in [1.29, 1.82) is 0 Å². The van der Waals surface area contributed by atoms with E-state index < -0.39 is 0 Å². The second kappa shape index (κ2) is 7.27. The van der Waals surface area contributed by atoms with Crippen molar-refractivity contribution in [3.8, 4) is 0 Å². The van der Waals surface area contributed by atoms with E-state index in [0.717, 1.165) is 49.8 Å². The number of aromatic nitrogens is 3. The topological polar surface area (TPSA) is 74.2 Å². The number of rotatable bonds is 4. The molecule has 2 aromatic heterocycles. The van der Waals surface area contributed by atoms with Gasteiger partial charge in [0.15, 0.2) is 0 Å². The van der Waals surface area contributed by atoms with E-state index >= 15 is 0 Å². The Labute approximate surface area is 153 Å². The molecule has 1 amide bonds. The minimum Gasteiger partial charge on any atom is -0.372 e. The van der Waals surface area contributed by atoms with Crippen LogP contribution in [0.25, 0.3) is 0 Å². The molecule has 136 valence electrons. The Kier molecular flexibility index (Phi) is 4.69. The van der Waals surface area contributed by atoms with Crippen molar-refractivity contribution < 1.29 is 4.79 Å². The zero-order valence-electron chi connectivity index (χ0n) is 15.1. The molecular weight excluding hydrogens is 328 g/mol. The fourth-order valence-electron chi connectivity index (χ4n) is 3.82. The van der Waals surface area contributed by atoms with E-state index in [2.05, 4.69) is 25.2 Å². The van der Waals surface area contributed by atoms with Crippen LogP contribution in [0, 0.1) is 0 Å². The van der Waals surface area contributed by atoms with Gasteiger partial charge < -0.3 is 15.1 Å². The van der Waals surface area contributed by atoms with Crippen LogP contribution in [0.15, 0.2) is 30.7 Å². The number of nitrogens with one attached hydrogen (secondary N) is 1. The number of anilines is 2. The normalized spacial score (nSPS) is 19.8. The van der Waals surface area contributed by atoms with Gasteiger partial charge in [-0.1, -0.05) is 0 Å². The van der Waals surface area contributed by atoms with Gasteiger partial charge in [-0.25, -0.2) is 9.97 Å². The van der Waals surface area contributed by atoms with Gasteiger partial charge in [0.05, 0.1) is 24.1 Å². The zero-order valence-corrected chi connectivity index (χ0v) is 15.1. The van der Waals surface area contributed by atoms with Gasteiger partial charge in [0.1, 0.15) is 11.6 Å². The van der Waals surface area contributed by atoms with Crippen LogP contribution in [-0.2, 0) is 0 Å². The first-order valence-corrected chi connectivity index (χ1v) is 9.28. The number of carbonyl (C=O) groups excluding carboxylic acids is 1. The van der Waals surface area contributed by atoms with E-state index in [1.54, 1.807) is 18.6 Å². The van der Waals surface area contributed by atoms with E-state index in [1.807, 2.05) is 24.1 Å². The quantitative estimate of drug-likeness (QED) is 0.911. The van der Waals surface area contributed by atoms with Crippen LogP contribution in [0.3, 0.4) is 0 Å². The number of likely N-dealkylation sites (tertiary alicyclic amines) is 1. The summed E-state index contributed by atoms with van der Waals surface area (Å²) in [6.45, 7) is 2.78. The van der Waals surface area contributed by atoms with Gasteiger partial charge in [-0.3, -0.25) is 9.78 Å². The highest BCUT2D eigenvalue weighted by Crippen LogP contribution is 2.32. The Bertz CT molecular complexity index is 789. The third kappa shape index (κ3) is 3.21. The van der Waals surface area contributed by atoms with Crippen molar-refractivity contribution in [2.75, 3.05) is 36.9 Å². The van der Waals surface area contributed by atoms with Crippen molar-refractivity contribution in [1.82, 2.24) is 19.9 Å². The highest BCUT2D eigenvalue weighted by Gasteiger charge is 2.32. The second-order valence-electron chi connectivity index (χ2n) is 6.83. The van der Waals surface area contributed by atoms with Crippen LogP contribution >= 0.6 is 0 Å². The molecule has 1 N–H and O–H groups in total. The van der Waals surface area contributed by atoms with Gasteiger partial charge in [0, 0.05) is 38.4 Å². The molecule has 1 atom stereocenters. The van der Waals surface area contributed by atoms with Crippen LogP contribution in [0.4, 0.5) is 11.6 Å². The summed E-state index contributed by atoms with van der Waals surface area (Å²) in [7, 11) is 1.82.